The average molecular weight is 288 g/mol. The third-order valence-electron chi connectivity index (χ3n) is 5.04. The summed E-state index contributed by atoms with van der Waals surface area (Å²) >= 11 is 0. The van der Waals surface area contributed by atoms with E-state index in [0.717, 1.165) is 29.9 Å². The predicted molar refractivity (Wildman–Crippen MR) is 88.0 cm³/mol. The van der Waals surface area contributed by atoms with Gasteiger partial charge < -0.3 is 10.2 Å². The Bertz CT molecular complexity index is 480. The fraction of sp³-hybridized carbons (Fsp3) is 0.765. The molecule has 1 aromatic heterocycles. The third-order valence-corrected chi connectivity index (χ3v) is 5.04. The Morgan fingerprint density at radius 3 is 2.57 bits per heavy atom. The van der Waals surface area contributed by atoms with E-state index in [0.29, 0.717) is 12.0 Å². The minimum atomic E-state index is 0.365. The Morgan fingerprint density at radius 2 is 1.90 bits per heavy atom. The van der Waals surface area contributed by atoms with Gasteiger partial charge in [0, 0.05) is 31.6 Å². The van der Waals surface area contributed by atoms with E-state index in [9.17, 15) is 0 Å². The highest BCUT2D eigenvalue weighted by molar-refractivity contribution is 5.51. The van der Waals surface area contributed by atoms with E-state index < -0.39 is 0 Å². The number of nitrogens with one attached hydrogen (secondary N) is 1. The maximum absolute atomic E-state index is 4.86. The summed E-state index contributed by atoms with van der Waals surface area (Å²) in [5.74, 6) is 4.27. The van der Waals surface area contributed by atoms with Crippen LogP contribution in [0.2, 0.25) is 0 Å². The van der Waals surface area contributed by atoms with E-state index >= 15 is 0 Å². The number of anilines is 2. The molecule has 21 heavy (non-hydrogen) atoms. The zero-order valence-corrected chi connectivity index (χ0v) is 13.6. The second kappa shape index (κ2) is 6.20. The minimum Gasteiger partial charge on any atom is -0.373 e. The fourth-order valence-corrected chi connectivity index (χ4v) is 3.90. The van der Waals surface area contributed by atoms with Crippen LogP contribution in [0.4, 0.5) is 11.6 Å². The van der Waals surface area contributed by atoms with Crippen LogP contribution in [0, 0.1) is 5.92 Å². The smallest absolute Gasteiger partial charge is 0.135 e. The zero-order valence-electron chi connectivity index (χ0n) is 13.6. The molecule has 1 aliphatic carbocycles. The van der Waals surface area contributed by atoms with Crippen molar-refractivity contribution in [3.8, 4) is 0 Å². The number of hydrogen-bond acceptors (Lipinski definition) is 4. The maximum Gasteiger partial charge on any atom is 0.135 e. The lowest BCUT2D eigenvalue weighted by molar-refractivity contribution is 0.429. The van der Waals surface area contributed by atoms with Gasteiger partial charge in [-0.2, -0.15) is 0 Å². The molecule has 1 N–H and O–H groups in total. The van der Waals surface area contributed by atoms with Gasteiger partial charge in [-0.1, -0.05) is 26.7 Å². The quantitative estimate of drug-likeness (QED) is 0.915. The van der Waals surface area contributed by atoms with Crippen molar-refractivity contribution in [2.75, 3.05) is 23.8 Å². The Balaban J connectivity index is 1.88. The van der Waals surface area contributed by atoms with Gasteiger partial charge in [0.15, 0.2) is 0 Å². The molecule has 1 aromatic rings. The molecule has 0 aromatic carbocycles. The molecule has 1 atom stereocenters. The SMILES string of the molecule is CNc1cc(N2CCCC2C2CCCC2)nc(C(C)C)n1. The van der Waals surface area contributed by atoms with Gasteiger partial charge in [0.2, 0.25) is 0 Å². The van der Waals surface area contributed by atoms with Crippen molar-refractivity contribution in [3.05, 3.63) is 11.9 Å². The van der Waals surface area contributed by atoms with Gasteiger partial charge in [0.25, 0.3) is 0 Å². The number of hydrogen-bond donors (Lipinski definition) is 1. The molecular weight excluding hydrogens is 260 g/mol. The molecule has 4 heteroatoms. The van der Waals surface area contributed by atoms with E-state index in [-0.39, 0.29) is 0 Å². The Morgan fingerprint density at radius 1 is 1.14 bits per heavy atom. The van der Waals surface area contributed by atoms with Crippen molar-refractivity contribution in [2.45, 2.75) is 64.3 Å². The van der Waals surface area contributed by atoms with E-state index in [1.807, 2.05) is 7.05 Å². The van der Waals surface area contributed by atoms with E-state index in [2.05, 4.69) is 35.1 Å². The number of rotatable bonds is 4. The Kier molecular flexibility index (Phi) is 4.32. The topological polar surface area (TPSA) is 41.0 Å². The second-order valence-electron chi connectivity index (χ2n) is 6.82. The molecule has 0 bridgehead atoms. The number of nitrogens with zero attached hydrogens (tertiary/aromatic N) is 3. The molecule has 1 saturated carbocycles. The van der Waals surface area contributed by atoms with Crippen LogP contribution in [0.1, 0.15) is 64.1 Å². The van der Waals surface area contributed by atoms with Crippen LogP contribution in [-0.4, -0.2) is 29.6 Å². The predicted octanol–water partition coefficient (Wildman–Crippen LogP) is 3.80. The van der Waals surface area contributed by atoms with Gasteiger partial charge in [-0.05, 0) is 31.6 Å². The highest BCUT2D eigenvalue weighted by Crippen LogP contribution is 2.37. The van der Waals surface area contributed by atoms with Crippen LogP contribution in [0.3, 0.4) is 0 Å². The van der Waals surface area contributed by atoms with Gasteiger partial charge in [0.05, 0.1) is 0 Å². The first-order valence-corrected chi connectivity index (χ1v) is 8.52. The van der Waals surface area contributed by atoms with E-state index in [1.54, 1.807) is 0 Å². The van der Waals surface area contributed by atoms with Crippen molar-refractivity contribution >= 4 is 11.6 Å². The van der Waals surface area contributed by atoms with Crippen molar-refractivity contribution in [1.29, 1.82) is 0 Å². The highest BCUT2D eigenvalue weighted by atomic mass is 15.2. The second-order valence-corrected chi connectivity index (χ2v) is 6.82. The minimum absolute atomic E-state index is 0.365. The molecule has 2 heterocycles. The summed E-state index contributed by atoms with van der Waals surface area (Å²) in [5, 5.41) is 3.19. The van der Waals surface area contributed by atoms with E-state index in [4.69, 9.17) is 4.98 Å². The molecule has 1 saturated heterocycles. The molecule has 3 rings (SSSR count). The molecule has 4 nitrogen and oxygen atoms in total. The first-order chi connectivity index (χ1) is 10.2. The lowest BCUT2D eigenvalue weighted by Gasteiger charge is -2.31. The summed E-state index contributed by atoms with van der Waals surface area (Å²) in [6, 6.07) is 2.83. The van der Waals surface area contributed by atoms with Crippen LogP contribution in [0.15, 0.2) is 6.07 Å². The summed E-state index contributed by atoms with van der Waals surface area (Å²) in [5.41, 5.74) is 0. The van der Waals surface area contributed by atoms with Crippen LogP contribution in [-0.2, 0) is 0 Å². The van der Waals surface area contributed by atoms with E-state index in [1.165, 1.54) is 38.5 Å². The lowest BCUT2D eigenvalue weighted by Crippen LogP contribution is -2.35. The average Bonchev–Trinajstić information content (AvgIpc) is 3.16. The molecule has 116 valence electrons. The van der Waals surface area contributed by atoms with Crippen LogP contribution < -0.4 is 10.2 Å². The third kappa shape index (κ3) is 2.99. The largest absolute Gasteiger partial charge is 0.373 e. The molecular formula is C17H28N4. The first kappa shape index (κ1) is 14.6. The standard InChI is InChI=1S/C17H28N4/c1-12(2)17-19-15(18-3)11-16(20-17)21-10-6-9-14(21)13-7-4-5-8-13/h11-14H,4-10H2,1-3H3,(H,18,19,20). The molecule has 0 spiro atoms. The lowest BCUT2D eigenvalue weighted by atomic mass is 9.96. The summed E-state index contributed by atoms with van der Waals surface area (Å²) < 4.78 is 0. The van der Waals surface area contributed by atoms with Gasteiger partial charge in [-0.3, -0.25) is 0 Å². The van der Waals surface area contributed by atoms with Crippen LogP contribution in [0.5, 0.6) is 0 Å². The molecule has 0 radical (unpaired) electrons. The molecule has 1 unspecified atom stereocenters. The van der Waals surface area contributed by atoms with Crippen LogP contribution in [0.25, 0.3) is 0 Å². The van der Waals surface area contributed by atoms with Crippen molar-refractivity contribution in [2.24, 2.45) is 5.92 Å². The van der Waals surface area contributed by atoms with Gasteiger partial charge >= 0.3 is 0 Å². The highest BCUT2D eigenvalue weighted by Gasteiger charge is 2.34. The summed E-state index contributed by atoms with van der Waals surface area (Å²) in [4.78, 5) is 12.0. The molecule has 0 amide bonds. The normalized spacial score (nSPS) is 23.2. The summed E-state index contributed by atoms with van der Waals surface area (Å²) in [6.45, 7) is 5.48. The Labute approximate surface area is 128 Å². The Hall–Kier alpha value is -1.32. The molecule has 1 aliphatic heterocycles. The summed E-state index contributed by atoms with van der Waals surface area (Å²) in [7, 11) is 1.94. The molecule has 2 aliphatic rings. The fourth-order valence-electron chi connectivity index (χ4n) is 3.90. The van der Waals surface area contributed by atoms with Crippen molar-refractivity contribution < 1.29 is 0 Å². The van der Waals surface area contributed by atoms with Crippen LogP contribution >= 0.6 is 0 Å². The summed E-state index contributed by atoms with van der Waals surface area (Å²) in [6.07, 6.45) is 8.28. The van der Waals surface area contributed by atoms with Gasteiger partial charge in [0.1, 0.15) is 17.5 Å². The molecule has 2 fully saturated rings. The van der Waals surface area contributed by atoms with Crippen molar-refractivity contribution in [1.82, 2.24) is 9.97 Å². The zero-order chi connectivity index (χ0) is 14.8. The number of aromatic nitrogens is 2. The van der Waals surface area contributed by atoms with Crippen molar-refractivity contribution in [3.63, 3.8) is 0 Å². The van der Waals surface area contributed by atoms with Gasteiger partial charge in [-0.25, -0.2) is 9.97 Å². The first-order valence-electron chi connectivity index (χ1n) is 8.52. The van der Waals surface area contributed by atoms with Gasteiger partial charge in [-0.15, -0.1) is 0 Å². The monoisotopic (exact) mass is 288 g/mol. The maximum atomic E-state index is 4.86.